The van der Waals surface area contributed by atoms with E-state index in [1.807, 2.05) is 6.07 Å². The Labute approximate surface area is 158 Å². The number of carbonyl (C=O) groups is 1. The van der Waals surface area contributed by atoms with Gasteiger partial charge in [0.05, 0.1) is 33.5 Å². The summed E-state index contributed by atoms with van der Waals surface area (Å²) in [6, 6.07) is 11.8. The number of thiophene rings is 1. The second-order valence-electron chi connectivity index (χ2n) is 5.80. The van der Waals surface area contributed by atoms with E-state index in [0.29, 0.717) is 10.4 Å². The highest BCUT2D eigenvalue weighted by atomic mass is 32.2. The van der Waals surface area contributed by atoms with E-state index in [1.165, 1.54) is 30.0 Å². The largest absolute Gasteiger partial charge is 0.465 e. The molecule has 2 aromatic heterocycles. The Kier molecular flexibility index (Phi) is 4.09. The van der Waals surface area contributed by atoms with E-state index in [0.717, 1.165) is 16.7 Å². The first kappa shape index (κ1) is 17.4. The standard InChI is InChI=1S/C19H13NO5S2/c1-25-19(22)14-11-13(12-5-3-2-4-6-12)18(21)20-8-10-27(23,24)15-7-9-26-17(15)16(14)20/h2-11H,1H3. The van der Waals surface area contributed by atoms with Crippen LogP contribution in [0.15, 0.2) is 62.9 Å². The summed E-state index contributed by atoms with van der Waals surface area (Å²) in [5.74, 6) is -0.650. The number of pyridine rings is 1. The number of fused-ring (bicyclic) bond motifs is 3. The lowest BCUT2D eigenvalue weighted by Crippen LogP contribution is -2.22. The summed E-state index contributed by atoms with van der Waals surface area (Å²) in [6.45, 7) is 0. The monoisotopic (exact) mass is 399 g/mol. The van der Waals surface area contributed by atoms with Gasteiger partial charge < -0.3 is 4.74 Å². The van der Waals surface area contributed by atoms with Gasteiger partial charge in [-0.3, -0.25) is 9.36 Å². The molecule has 136 valence electrons. The molecule has 3 heterocycles. The van der Waals surface area contributed by atoms with Crippen LogP contribution in [0.4, 0.5) is 0 Å². The predicted molar refractivity (Wildman–Crippen MR) is 103 cm³/mol. The second-order valence-corrected chi connectivity index (χ2v) is 8.52. The van der Waals surface area contributed by atoms with Gasteiger partial charge in [0, 0.05) is 11.8 Å². The Bertz CT molecular complexity index is 1250. The number of ether oxygens (including phenoxy) is 1. The van der Waals surface area contributed by atoms with Crippen LogP contribution in [-0.2, 0) is 14.6 Å². The van der Waals surface area contributed by atoms with Gasteiger partial charge in [-0.1, -0.05) is 30.3 Å². The van der Waals surface area contributed by atoms with Crippen LogP contribution in [0.5, 0.6) is 0 Å². The van der Waals surface area contributed by atoms with Crippen LogP contribution in [0.2, 0.25) is 0 Å². The van der Waals surface area contributed by atoms with E-state index in [4.69, 9.17) is 4.74 Å². The molecule has 1 aromatic carbocycles. The van der Waals surface area contributed by atoms with Gasteiger partial charge >= 0.3 is 5.97 Å². The Hall–Kier alpha value is -2.97. The van der Waals surface area contributed by atoms with E-state index < -0.39 is 21.4 Å². The van der Waals surface area contributed by atoms with Crippen molar-refractivity contribution in [1.29, 1.82) is 0 Å². The molecule has 0 radical (unpaired) electrons. The van der Waals surface area contributed by atoms with Crippen LogP contribution >= 0.6 is 11.3 Å². The van der Waals surface area contributed by atoms with Crippen molar-refractivity contribution in [3.05, 3.63) is 69.2 Å². The Balaban J connectivity index is 2.16. The summed E-state index contributed by atoms with van der Waals surface area (Å²) in [5.41, 5.74) is 0.823. The molecule has 1 aliphatic heterocycles. The molecule has 0 amide bonds. The highest BCUT2D eigenvalue weighted by Crippen LogP contribution is 2.38. The molecule has 3 aromatic rings. The van der Waals surface area contributed by atoms with Crippen molar-refractivity contribution in [2.24, 2.45) is 0 Å². The zero-order valence-electron chi connectivity index (χ0n) is 14.1. The number of rotatable bonds is 2. The topological polar surface area (TPSA) is 82.4 Å². The summed E-state index contributed by atoms with van der Waals surface area (Å²) < 4.78 is 31.2. The minimum Gasteiger partial charge on any atom is -0.465 e. The summed E-state index contributed by atoms with van der Waals surface area (Å²) in [7, 11) is -2.49. The summed E-state index contributed by atoms with van der Waals surface area (Å²) >= 11 is 1.15. The molecule has 6 nitrogen and oxygen atoms in total. The van der Waals surface area contributed by atoms with E-state index in [1.54, 1.807) is 29.6 Å². The number of nitrogens with zero attached hydrogens (tertiary/aromatic N) is 1. The number of hydrogen-bond donors (Lipinski definition) is 0. The first-order valence-electron chi connectivity index (χ1n) is 7.88. The SMILES string of the molecule is COC(=O)c1cc(-c2ccccc2)c(=O)n2c1-c1sccc1S(=O)(=O)C=C2. The number of methoxy groups -OCH3 is 1. The molecule has 0 spiro atoms. The number of carbonyl (C=O) groups excluding carboxylic acids is 1. The maximum Gasteiger partial charge on any atom is 0.340 e. The lowest BCUT2D eigenvalue weighted by Gasteiger charge is -2.14. The fraction of sp³-hybridized carbons (Fsp3) is 0.0526. The molecule has 1 aliphatic rings. The Morgan fingerprint density at radius 3 is 2.59 bits per heavy atom. The number of aromatic nitrogens is 1. The summed E-state index contributed by atoms with van der Waals surface area (Å²) in [5, 5.41) is 2.59. The van der Waals surface area contributed by atoms with Crippen LogP contribution in [0.25, 0.3) is 27.9 Å². The number of esters is 1. The predicted octanol–water partition coefficient (Wildman–Crippen LogP) is 3.25. The maximum absolute atomic E-state index is 13.1. The fourth-order valence-corrected chi connectivity index (χ4v) is 5.47. The smallest absolute Gasteiger partial charge is 0.340 e. The highest BCUT2D eigenvalue weighted by Gasteiger charge is 2.29. The zero-order chi connectivity index (χ0) is 19.2. The van der Waals surface area contributed by atoms with Gasteiger partial charge in [0.1, 0.15) is 0 Å². The van der Waals surface area contributed by atoms with Gasteiger partial charge in [0.25, 0.3) is 5.56 Å². The van der Waals surface area contributed by atoms with Crippen molar-refractivity contribution in [2.75, 3.05) is 7.11 Å². The van der Waals surface area contributed by atoms with Crippen molar-refractivity contribution < 1.29 is 17.9 Å². The van der Waals surface area contributed by atoms with E-state index in [2.05, 4.69) is 0 Å². The highest BCUT2D eigenvalue weighted by molar-refractivity contribution is 7.94. The third-order valence-corrected chi connectivity index (χ3v) is 6.75. The lowest BCUT2D eigenvalue weighted by atomic mass is 10.0. The van der Waals surface area contributed by atoms with Gasteiger partial charge in [0.2, 0.25) is 9.84 Å². The summed E-state index contributed by atoms with van der Waals surface area (Å²) in [6.07, 6.45) is 1.19. The van der Waals surface area contributed by atoms with Crippen molar-refractivity contribution in [1.82, 2.24) is 4.57 Å². The molecule has 4 rings (SSSR count). The van der Waals surface area contributed by atoms with Gasteiger partial charge in [-0.15, -0.1) is 11.3 Å². The van der Waals surface area contributed by atoms with Crippen LogP contribution < -0.4 is 5.56 Å². The van der Waals surface area contributed by atoms with Crippen LogP contribution in [0, 0.1) is 0 Å². The van der Waals surface area contributed by atoms with Crippen molar-refractivity contribution in [3.63, 3.8) is 0 Å². The van der Waals surface area contributed by atoms with Gasteiger partial charge in [0.15, 0.2) is 0 Å². The quantitative estimate of drug-likeness (QED) is 0.618. The average Bonchev–Trinajstić information content (AvgIpc) is 3.13. The molecule has 0 saturated carbocycles. The first-order chi connectivity index (χ1) is 12.9. The average molecular weight is 399 g/mol. The van der Waals surface area contributed by atoms with Gasteiger partial charge in [-0.2, -0.15) is 0 Å². The zero-order valence-corrected chi connectivity index (χ0v) is 15.7. The molecule has 8 heteroatoms. The third-order valence-electron chi connectivity index (χ3n) is 4.26. The number of sulfone groups is 1. The van der Waals surface area contributed by atoms with Crippen molar-refractivity contribution in [3.8, 4) is 21.7 Å². The van der Waals surface area contributed by atoms with Crippen molar-refractivity contribution >= 4 is 33.3 Å². The lowest BCUT2D eigenvalue weighted by molar-refractivity contribution is 0.0601. The maximum atomic E-state index is 13.1. The molecule has 0 atom stereocenters. The molecule has 0 bridgehead atoms. The molecule has 0 saturated heterocycles. The van der Waals surface area contributed by atoms with Crippen LogP contribution in [0.3, 0.4) is 0 Å². The van der Waals surface area contributed by atoms with Gasteiger partial charge in [-0.25, -0.2) is 13.2 Å². The number of benzene rings is 1. The first-order valence-corrected chi connectivity index (χ1v) is 10.3. The molecular weight excluding hydrogens is 386 g/mol. The normalized spacial score (nSPS) is 14.1. The third kappa shape index (κ3) is 2.73. The van der Waals surface area contributed by atoms with Gasteiger partial charge in [-0.05, 0) is 23.1 Å². The van der Waals surface area contributed by atoms with E-state index in [9.17, 15) is 18.0 Å². The molecule has 27 heavy (non-hydrogen) atoms. The molecule has 0 N–H and O–H groups in total. The minimum atomic E-state index is -3.73. The minimum absolute atomic E-state index is 0.0621. The molecule has 0 fully saturated rings. The van der Waals surface area contributed by atoms with E-state index in [-0.39, 0.29) is 21.7 Å². The second kappa shape index (κ2) is 6.33. The number of hydrogen-bond acceptors (Lipinski definition) is 6. The Morgan fingerprint density at radius 1 is 1.15 bits per heavy atom. The molecular formula is C19H13NO5S2. The summed E-state index contributed by atoms with van der Waals surface area (Å²) in [4.78, 5) is 26.0. The fourth-order valence-electron chi connectivity index (χ4n) is 3.01. The van der Waals surface area contributed by atoms with E-state index >= 15 is 0 Å². The molecule has 0 aliphatic carbocycles. The van der Waals surface area contributed by atoms with Crippen LogP contribution in [-0.4, -0.2) is 26.1 Å². The molecule has 0 unspecified atom stereocenters. The van der Waals surface area contributed by atoms with Crippen molar-refractivity contribution in [2.45, 2.75) is 4.90 Å². The van der Waals surface area contributed by atoms with Crippen LogP contribution in [0.1, 0.15) is 10.4 Å². The Morgan fingerprint density at radius 2 is 1.89 bits per heavy atom.